The Hall–Kier alpha value is -0.930. The average Bonchev–Trinajstić information content (AvgIpc) is 2.65. The minimum absolute atomic E-state index is 0.153. The molecule has 1 aromatic heterocycles. The van der Waals surface area contributed by atoms with Crippen molar-refractivity contribution in [3.05, 3.63) is 30.1 Å². The maximum atomic E-state index is 6.26. The third-order valence-corrected chi connectivity index (χ3v) is 5.27. The van der Waals surface area contributed by atoms with Crippen molar-refractivity contribution in [3.8, 4) is 0 Å². The van der Waals surface area contributed by atoms with E-state index >= 15 is 0 Å². The second-order valence-corrected chi connectivity index (χ2v) is 7.28. The third kappa shape index (κ3) is 4.04. The van der Waals surface area contributed by atoms with Crippen LogP contribution in [0.25, 0.3) is 0 Å². The Kier molecular flexibility index (Phi) is 5.39. The molecule has 1 unspecified atom stereocenters. The topological polar surface area (TPSA) is 42.2 Å². The molecule has 0 amide bonds. The Bertz CT molecular complexity index is 429. The molecular formula is C18H31N3. The monoisotopic (exact) mass is 289 g/mol. The van der Waals surface area contributed by atoms with Crippen molar-refractivity contribution in [2.45, 2.75) is 65.0 Å². The maximum Gasteiger partial charge on any atom is 0.0544 e. The van der Waals surface area contributed by atoms with Gasteiger partial charge in [0, 0.05) is 24.8 Å². The highest BCUT2D eigenvalue weighted by Gasteiger charge is 2.38. The van der Waals surface area contributed by atoms with Crippen LogP contribution in [-0.2, 0) is 6.54 Å². The van der Waals surface area contributed by atoms with Gasteiger partial charge >= 0.3 is 0 Å². The zero-order valence-corrected chi connectivity index (χ0v) is 13.9. The molecule has 0 spiro atoms. The fourth-order valence-electron chi connectivity index (χ4n) is 3.67. The highest BCUT2D eigenvalue weighted by atomic mass is 15.2. The quantitative estimate of drug-likeness (QED) is 0.842. The van der Waals surface area contributed by atoms with E-state index in [4.69, 9.17) is 5.73 Å². The molecule has 1 saturated carbocycles. The van der Waals surface area contributed by atoms with Crippen LogP contribution in [0, 0.1) is 5.41 Å². The lowest BCUT2D eigenvalue weighted by atomic mass is 9.83. The van der Waals surface area contributed by atoms with Crippen LogP contribution in [0.5, 0.6) is 0 Å². The largest absolute Gasteiger partial charge is 0.329 e. The van der Waals surface area contributed by atoms with Crippen LogP contribution in [0.2, 0.25) is 0 Å². The number of hydrogen-bond donors (Lipinski definition) is 1. The zero-order chi connectivity index (χ0) is 15.3. The van der Waals surface area contributed by atoms with Crippen LogP contribution in [0.15, 0.2) is 24.4 Å². The van der Waals surface area contributed by atoms with Gasteiger partial charge in [0.05, 0.1) is 5.69 Å². The number of nitrogens with zero attached hydrogens (tertiary/aromatic N) is 2. The molecule has 1 aliphatic rings. The van der Waals surface area contributed by atoms with Crippen molar-refractivity contribution < 1.29 is 0 Å². The van der Waals surface area contributed by atoms with Gasteiger partial charge in [-0.1, -0.05) is 33.3 Å². The van der Waals surface area contributed by atoms with Gasteiger partial charge in [-0.05, 0) is 49.8 Å². The van der Waals surface area contributed by atoms with E-state index in [0.29, 0.717) is 5.41 Å². The van der Waals surface area contributed by atoms with Gasteiger partial charge in [-0.3, -0.25) is 9.88 Å². The highest BCUT2D eigenvalue weighted by molar-refractivity contribution is 5.05. The molecular weight excluding hydrogens is 258 g/mol. The van der Waals surface area contributed by atoms with E-state index in [9.17, 15) is 0 Å². The number of nitrogens with two attached hydrogens (primary N) is 1. The standard InChI is InChI=1S/C18H31N3/c1-4-21(14-16-8-5-6-13-20-16)18(15-19)10-7-9-17(2,3)11-12-18/h5-6,8,13H,4,7,9-12,14-15,19H2,1-3H3. The molecule has 0 bridgehead atoms. The van der Waals surface area contributed by atoms with Gasteiger partial charge in [0.25, 0.3) is 0 Å². The minimum atomic E-state index is 0.153. The number of rotatable bonds is 5. The van der Waals surface area contributed by atoms with Crippen molar-refractivity contribution in [1.82, 2.24) is 9.88 Å². The smallest absolute Gasteiger partial charge is 0.0544 e. The van der Waals surface area contributed by atoms with Crippen molar-refractivity contribution in [1.29, 1.82) is 0 Å². The molecule has 0 radical (unpaired) electrons. The van der Waals surface area contributed by atoms with Crippen LogP contribution >= 0.6 is 0 Å². The maximum absolute atomic E-state index is 6.26. The van der Waals surface area contributed by atoms with Crippen molar-refractivity contribution in [2.24, 2.45) is 11.1 Å². The summed E-state index contributed by atoms with van der Waals surface area (Å²) < 4.78 is 0. The normalized spacial score (nSPS) is 25.8. The summed E-state index contributed by atoms with van der Waals surface area (Å²) in [5, 5.41) is 0. The first-order chi connectivity index (χ1) is 10.0. The molecule has 1 aromatic rings. The second kappa shape index (κ2) is 6.89. The fraction of sp³-hybridized carbons (Fsp3) is 0.722. The molecule has 21 heavy (non-hydrogen) atoms. The van der Waals surface area contributed by atoms with E-state index in [0.717, 1.165) is 25.3 Å². The minimum Gasteiger partial charge on any atom is -0.329 e. The van der Waals surface area contributed by atoms with E-state index in [1.807, 2.05) is 12.3 Å². The molecule has 1 heterocycles. The van der Waals surface area contributed by atoms with Crippen LogP contribution in [0.1, 0.15) is 58.6 Å². The molecule has 0 aliphatic heterocycles. The predicted octanol–water partition coefficient (Wildman–Crippen LogP) is 3.59. The second-order valence-electron chi connectivity index (χ2n) is 7.28. The van der Waals surface area contributed by atoms with Gasteiger partial charge in [0.15, 0.2) is 0 Å². The molecule has 118 valence electrons. The van der Waals surface area contributed by atoms with Crippen molar-refractivity contribution in [3.63, 3.8) is 0 Å². The third-order valence-electron chi connectivity index (χ3n) is 5.27. The van der Waals surface area contributed by atoms with Crippen LogP contribution in [0.3, 0.4) is 0 Å². The Morgan fingerprint density at radius 2 is 2.00 bits per heavy atom. The predicted molar refractivity (Wildman–Crippen MR) is 89.0 cm³/mol. The van der Waals surface area contributed by atoms with Crippen LogP contribution < -0.4 is 5.73 Å². The Morgan fingerprint density at radius 1 is 1.19 bits per heavy atom. The first kappa shape index (κ1) is 16.4. The van der Waals surface area contributed by atoms with E-state index in [1.54, 1.807) is 0 Å². The Labute approximate surface area is 129 Å². The lowest BCUT2D eigenvalue weighted by Crippen LogP contribution is -2.53. The lowest BCUT2D eigenvalue weighted by molar-refractivity contribution is 0.0715. The van der Waals surface area contributed by atoms with Gasteiger partial charge < -0.3 is 5.73 Å². The van der Waals surface area contributed by atoms with E-state index in [1.165, 1.54) is 32.1 Å². The average molecular weight is 289 g/mol. The molecule has 0 aromatic carbocycles. The first-order valence-corrected chi connectivity index (χ1v) is 8.36. The van der Waals surface area contributed by atoms with E-state index < -0.39 is 0 Å². The fourth-order valence-corrected chi connectivity index (χ4v) is 3.67. The van der Waals surface area contributed by atoms with Crippen LogP contribution in [-0.4, -0.2) is 28.5 Å². The molecule has 1 fully saturated rings. The van der Waals surface area contributed by atoms with Crippen molar-refractivity contribution >= 4 is 0 Å². The summed E-state index contributed by atoms with van der Waals surface area (Å²) in [7, 11) is 0. The lowest BCUT2D eigenvalue weighted by Gasteiger charge is -2.43. The van der Waals surface area contributed by atoms with Gasteiger partial charge in [0.2, 0.25) is 0 Å². The molecule has 2 N–H and O–H groups in total. The summed E-state index contributed by atoms with van der Waals surface area (Å²) in [4.78, 5) is 7.06. The number of pyridine rings is 1. The van der Waals surface area contributed by atoms with Crippen molar-refractivity contribution in [2.75, 3.05) is 13.1 Å². The highest BCUT2D eigenvalue weighted by Crippen LogP contribution is 2.40. The molecule has 1 atom stereocenters. The molecule has 1 aliphatic carbocycles. The number of likely N-dealkylation sites (N-methyl/N-ethyl adjacent to an activating group) is 1. The zero-order valence-electron chi connectivity index (χ0n) is 13.9. The molecule has 3 nitrogen and oxygen atoms in total. The number of aromatic nitrogens is 1. The Morgan fingerprint density at radius 3 is 2.62 bits per heavy atom. The summed E-state index contributed by atoms with van der Waals surface area (Å²) >= 11 is 0. The molecule has 0 saturated heterocycles. The SMILES string of the molecule is CCN(Cc1ccccn1)C1(CN)CCCC(C)(C)CC1. The molecule has 2 rings (SSSR count). The summed E-state index contributed by atoms with van der Waals surface area (Å²) in [6.07, 6.45) is 8.17. The first-order valence-electron chi connectivity index (χ1n) is 8.36. The van der Waals surface area contributed by atoms with E-state index in [2.05, 4.69) is 42.8 Å². The number of hydrogen-bond acceptors (Lipinski definition) is 3. The summed E-state index contributed by atoms with van der Waals surface area (Å²) in [6, 6.07) is 6.17. The summed E-state index contributed by atoms with van der Waals surface area (Å²) in [5.41, 5.74) is 8.03. The molecule has 3 heteroatoms. The van der Waals surface area contributed by atoms with Gasteiger partial charge in [-0.15, -0.1) is 0 Å². The summed E-state index contributed by atoms with van der Waals surface area (Å²) in [6.45, 7) is 9.74. The van der Waals surface area contributed by atoms with Gasteiger partial charge in [-0.2, -0.15) is 0 Å². The summed E-state index contributed by atoms with van der Waals surface area (Å²) in [5.74, 6) is 0. The van der Waals surface area contributed by atoms with E-state index in [-0.39, 0.29) is 5.54 Å². The van der Waals surface area contributed by atoms with Crippen LogP contribution in [0.4, 0.5) is 0 Å². The Balaban J connectivity index is 2.16. The van der Waals surface area contributed by atoms with Gasteiger partial charge in [-0.25, -0.2) is 0 Å². The van der Waals surface area contributed by atoms with Gasteiger partial charge in [0.1, 0.15) is 0 Å².